The molecule has 0 aliphatic heterocycles. The molecule has 0 aliphatic carbocycles. The third kappa shape index (κ3) is 14.1. The molecular weight excluding hydrogens is 431 g/mol. The van der Waals surface area contributed by atoms with E-state index in [1.807, 2.05) is 13.8 Å². The lowest BCUT2D eigenvalue weighted by Gasteiger charge is -2.39. The molecule has 2 amide bonds. The number of rotatable bonds is 15. The standard InChI is InChI=1S/C20H42N4O4.2ClH/c1-5-7-14-23-18(25)27-16(3)20(22,12-10-9-11-13-21)17(4)28-19(26)24-15-8-6-2;;/h16-17H,5-15,21-22H2,1-4H3,(H,23,25)(H,24,26);2*1H. The minimum atomic E-state index is -0.987. The predicted octanol–water partition coefficient (Wildman–Crippen LogP) is 3.88. The average Bonchev–Trinajstić information content (AvgIpc) is 2.65. The van der Waals surface area contributed by atoms with Gasteiger partial charge in [0.25, 0.3) is 0 Å². The molecule has 0 aromatic carbocycles. The van der Waals surface area contributed by atoms with Crippen LogP contribution in [0.2, 0.25) is 0 Å². The average molecular weight is 476 g/mol. The van der Waals surface area contributed by atoms with Gasteiger partial charge >= 0.3 is 12.2 Å². The number of hydrogen-bond acceptors (Lipinski definition) is 6. The van der Waals surface area contributed by atoms with Gasteiger partial charge in [-0.1, -0.05) is 39.5 Å². The van der Waals surface area contributed by atoms with Crippen molar-refractivity contribution in [3.8, 4) is 0 Å². The van der Waals surface area contributed by atoms with Crippen molar-refractivity contribution in [2.24, 2.45) is 11.5 Å². The van der Waals surface area contributed by atoms with E-state index in [1.165, 1.54) is 0 Å². The highest BCUT2D eigenvalue weighted by Crippen LogP contribution is 2.25. The van der Waals surface area contributed by atoms with E-state index in [1.54, 1.807) is 13.8 Å². The van der Waals surface area contributed by atoms with Crippen molar-refractivity contribution in [1.29, 1.82) is 0 Å². The van der Waals surface area contributed by atoms with E-state index in [-0.39, 0.29) is 24.8 Å². The molecule has 0 heterocycles. The molecule has 0 aromatic rings. The number of ether oxygens (including phenoxy) is 2. The molecule has 2 atom stereocenters. The Morgan fingerprint density at radius 1 is 0.833 bits per heavy atom. The summed E-state index contributed by atoms with van der Waals surface area (Å²) in [5, 5.41) is 5.45. The zero-order valence-corrected chi connectivity index (χ0v) is 20.7. The Morgan fingerprint density at radius 2 is 1.27 bits per heavy atom. The topological polar surface area (TPSA) is 129 Å². The van der Waals surface area contributed by atoms with Crippen LogP contribution in [0.5, 0.6) is 0 Å². The van der Waals surface area contributed by atoms with Gasteiger partial charge in [-0.25, -0.2) is 9.59 Å². The van der Waals surface area contributed by atoms with E-state index in [0.717, 1.165) is 44.9 Å². The maximum Gasteiger partial charge on any atom is 0.407 e. The van der Waals surface area contributed by atoms with Gasteiger partial charge in [0, 0.05) is 13.1 Å². The zero-order chi connectivity index (χ0) is 21.4. The highest BCUT2D eigenvalue weighted by atomic mass is 35.5. The summed E-state index contributed by atoms with van der Waals surface area (Å²) in [5.74, 6) is 0. The molecule has 0 spiro atoms. The van der Waals surface area contributed by atoms with Crippen molar-refractivity contribution in [1.82, 2.24) is 10.6 Å². The van der Waals surface area contributed by atoms with Crippen LogP contribution in [0.3, 0.4) is 0 Å². The van der Waals surface area contributed by atoms with Gasteiger partial charge in [0.15, 0.2) is 0 Å². The minimum absolute atomic E-state index is 0. The van der Waals surface area contributed by atoms with Crippen molar-refractivity contribution < 1.29 is 19.1 Å². The molecule has 6 N–H and O–H groups in total. The summed E-state index contributed by atoms with van der Waals surface area (Å²) in [4.78, 5) is 24.1. The Morgan fingerprint density at radius 3 is 1.63 bits per heavy atom. The number of amides is 2. The lowest BCUT2D eigenvalue weighted by Crippen LogP contribution is -2.60. The first kappa shape index (κ1) is 33.7. The Kier molecular flexibility index (Phi) is 22.4. The van der Waals surface area contributed by atoms with E-state index in [9.17, 15) is 9.59 Å². The van der Waals surface area contributed by atoms with Crippen LogP contribution in [-0.4, -0.2) is 49.6 Å². The van der Waals surface area contributed by atoms with Gasteiger partial charge in [-0.3, -0.25) is 0 Å². The summed E-state index contributed by atoms with van der Waals surface area (Å²) in [7, 11) is 0. The molecule has 0 bridgehead atoms. The molecule has 10 heteroatoms. The molecule has 0 aliphatic rings. The molecule has 0 rings (SSSR count). The minimum Gasteiger partial charge on any atom is -0.444 e. The lowest BCUT2D eigenvalue weighted by molar-refractivity contribution is -0.0184. The Hall–Kier alpha value is -0.960. The van der Waals surface area contributed by atoms with Crippen molar-refractivity contribution in [3.05, 3.63) is 0 Å². The van der Waals surface area contributed by atoms with Crippen LogP contribution in [0.4, 0.5) is 9.59 Å². The van der Waals surface area contributed by atoms with Gasteiger partial charge in [-0.2, -0.15) is 0 Å². The first-order valence-corrected chi connectivity index (χ1v) is 10.7. The third-order valence-corrected chi connectivity index (χ3v) is 4.99. The van der Waals surface area contributed by atoms with Crippen molar-refractivity contribution >= 4 is 37.0 Å². The fourth-order valence-corrected chi connectivity index (χ4v) is 2.85. The molecule has 8 nitrogen and oxygen atoms in total. The number of nitrogens with one attached hydrogen (secondary N) is 2. The van der Waals surface area contributed by atoms with Crippen molar-refractivity contribution in [2.75, 3.05) is 19.6 Å². The summed E-state index contributed by atoms with van der Waals surface area (Å²) >= 11 is 0. The van der Waals surface area contributed by atoms with Gasteiger partial charge in [-0.05, 0) is 46.1 Å². The largest absolute Gasteiger partial charge is 0.444 e. The zero-order valence-electron chi connectivity index (χ0n) is 19.0. The van der Waals surface area contributed by atoms with Crippen LogP contribution in [0.1, 0.15) is 79.1 Å². The van der Waals surface area contributed by atoms with E-state index in [0.29, 0.717) is 26.1 Å². The molecule has 30 heavy (non-hydrogen) atoms. The van der Waals surface area contributed by atoms with Gasteiger partial charge in [0.1, 0.15) is 12.2 Å². The molecular formula is C20H44Cl2N4O4. The predicted molar refractivity (Wildman–Crippen MR) is 127 cm³/mol. The first-order chi connectivity index (χ1) is 13.3. The second-order valence-electron chi connectivity index (χ2n) is 7.37. The molecule has 0 aromatic heterocycles. The molecule has 2 unspecified atom stereocenters. The van der Waals surface area contributed by atoms with Gasteiger partial charge in [0.05, 0.1) is 5.54 Å². The number of carbonyl (C=O) groups excluding carboxylic acids is 2. The van der Waals surface area contributed by atoms with Crippen LogP contribution < -0.4 is 22.1 Å². The fourth-order valence-electron chi connectivity index (χ4n) is 2.85. The Bertz CT molecular complexity index is 415. The van der Waals surface area contributed by atoms with Crippen LogP contribution in [-0.2, 0) is 9.47 Å². The highest BCUT2D eigenvalue weighted by molar-refractivity contribution is 5.85. The third-order valence-electron chi connectivity index (χ3n) is 4.99. The summed E-state index contributed by atoms with van der Waals surface area (Å²) in [5.41, 5.74) is 11.2. The molecule has 0 radical (unpaired) electrons. The summed E-state index contributed by atoms with van der Waals surface area (Å²) in [6, 6.07) is 0. The number of halogens is 2. The highest BCUT2D eigenvalue weighted by Gasteiger charge is 2.42. The van der Waals surface area contributed by atoms with Crippen molar-refractivity contribution in [2.45, 2.75) is 96.8 Å². The quantitative estimate of drug-likeness (QED) is 0.266. The number of unbranched alkanes of at least 4 members (excludes halogenated alkanes) is 4. The normalized spacial score (nSPS) is 14.2. The van der Waals surface area contributed by atoms with Gasteiger partial charge < -0.3 is 31.6 Å². The maximum absolute atomic E-state index is 12.0. The van der Waals surface area contributed by atoms with Gasteiger partial charge in [0.2, 0.25) is 0 Å². The van der Waals surface area contributed by atoms with E-state index in [2.05, 4.69) is 10.6 Å². The van der Waals surface area contributed by atoms with Crippen LogP contribution >= 0.6 is 24.8 Å². The van der Waals surface area contributed by atoms with E-state index < -0.39 is 29.9 Å². The van der Waals surface area contributed by atoms with Crippen molar-refractivity contribution in [3.63, 3.8) is 0 Å². The monoisotopic (exact) mass is 474 g/mol. The smallest absolute Gasteiger partial charge is 0.407 e. The number of carbonyl (C=O) groups is 2. The Labute approximate surface area is 194 Å². The summed E-state index contributed by atoms with van der Waals surface area (Å²) < 4.78 is 11.0. The second kappa shape index (κ2) is 20.0. The van der Waals surface area contributed by atoms with E-state index >= 15 is 0 Å². The van der Waals surface area contributed by atoms with Crippen LogP contribution in [0.25, 0.3) is 0 Å². The van der Waals surface area contributed by atoms with E-state index in [4.69, 9.17) is 20.9 Å². The summed E-state index contributed by atoms with van der Waals surface area (Å²) in [6.07, 6.45) is 4.66. The van der Waals surface area contributed by atoms with Gasteiger partial charge in [-0.15, -0.1) is 24.8 Å². The summed E-state index contributed by atoms with van der Waals surface area (Å²) in [6.45, 7) is 9.33. The molecule has 0 saturated carbocycles. The fraction of sp³-hybridized carbons (Fsp3) is 0.900. The SMILES string of the molecule is CCCCNC(=O)OC(C)C(N)(CCCCCN)C(C)OC(=O)NCCCC.Cl.Cl. The van der Waals surface area contributed by atoms with Crippen LogP contribution in [0.15, 0.2) is 0 Å². The molecule has 182 valence electrons. The first-order valence-electron chi connectivity index (χ1n) is 10.7. The lowest BCUT2D eigenvalue weighted by atomic mass is 9.83. The number of hydrogen-bond donors (Lipinski definition) is 4. The number of nitrogens with two attached hydrogens (primary N) is 2. The van der Waals surface area contributed by atoms with Crippen LogP contribution in [0, 0.1) is 0 Å². The maximum atomic E-state index is 12.0. The molecule has 0 fully saturated rings. The molecule has 0 saturated heterocycles. The second-order valence-corrected chi connectivity index (χ2v) is 7.37. The Balaban J connectivity index is -0.00000364. The number of alkyl carbamates (subject to hydrolysis) is 2.